The van der Waals surface area contributed by atoms with Gasteiger partial charge in [-0.25, -0.2) is 10.8 Å². The average molecular weight is 226 g/mol. The second kappa shape index (κ2) is 5.14. The first kappa shape index (κ1) is 11.2. The van der Waals surface area contributed by atoms with E-state index in [9.17, 15) is 0 Å². The molecule has 0 aromatic heterocycles. The fourth-order valence-corrected chi connectivity index (χ4v) is 1.59. The van der Waals surface area contributed by atoms with Gasteiger partial charge in [-0.3, -0.25) is 5.43 Å². The van der Waals surface area contributed by atoms with Crippen LogP contribution in [0.25, 0.3) is 11.1 Å². The smallest absolute Gasteiger partial charge is 0.208 e. The van der Waals surface area contributed by atoms with Crippen molar-refractivity contribution in [1.29, 1.82) is 0 Å². The van der Waals surface area contributed by atoms with E-state index in [1.54, 1.807) is 0 Å². The van der Waals surface area contributed by atoms with Crippen molar-refractivity contribution < 1.29 is 0 Å². The standard InChI is InChI=1S/C13H14N4/c14-13(17-15)16-12-9-5-4-8-11(12)10-6-2-1-3-7-10/h1-9H,15H2,(H3,14,16,17). The van der Waals surface area contributed by atoms with Crippen molar-refractivity contribution in [2.75, 3.05) is 0 Å². The first-order valence-corrected chi connectivity index (χ1v) is 5.26. The third-order valence-corrected chi connectivity index (χ3v) is 2.38. The van der Waals surface area contributed by atoms with E-state index in [2.05, 4.69) is 10.4 Å². The molecule has 0 aliphatic rings. The number of nitrogens with zero attached hydrogens (tertiary/aromatic N) is 1. The zero-order valence-corrected chi connectivity index (χ0v) is 9.30. The first-order valence-electron chi connectivity index (χ1n) is 5.26. The number of hydrogen-bond donors (Lipinski definition) is 3. The summed E-state index contributed by atoms with van der Waals surface area (Å²) in [6.45, 7) is 0. The molecule has 0 aliphatic heterocycles. The Hall–Kier alpha value is -2.33. The van der Waals surface area contributed by atoms with Crippen LogP contribution in [0.4, 0.5) is 5.69 Å². The van der Waals surface area contributed by atoms with Crippen molar-refractivity contribution >= 4 is 11.6 Å². The SMILES string of the molecule is NNC(N)=Nc1ccccc1-c1ccccc1. The van der Waals surface area contributed by atoms with Gasteiger partial charge in [0.1, 0.15) is 0 Å². The monoisotopic (exact) mass is 226 g/mol. The molecular formula is C13H14N4. The highest BCUT2D eigenvalue weighted by atomic mass is 15.3. The van der Waals surface area contributed by atoms with Crippen LogP contribution in [-0.2, 0) is 0 Å². The fourth-order valence-electron chi connectivity index (χ4n) is 1.59. The Bertz CT molecular complexity index is 520. The number of hydrogen-bond acceptors (Lipinski definition) is 2. The van der Waals surface area contributed by atoms with Crippen LogP contribution in [0.15, 0.2) is 59.6 Å². The second-order valence-electron chi connectivity index (χ2n) is 3.52. The maximum Gasteiger partial charge on any atom is 0.208 e. The molecule has 17 heavy (non-hydrogen) atoms. The lowest BCUT2D eigenvalue weighted by Crippen LogP contribution is -2.36. The van der Waals surface area contributed by atoms with Gasteiger partial charge in [0.2, 0.25) is 5.96 Å². The zero-order chi connectivity index (χ0) is 12.1. The lowest BCUT2D eigenvalue weighted by atomic mass is 10.0. The number of nitrogens with one attached hydrogen (secondary N) is 1. The number of nitrogens with two attached hydrogens (primary N) is 2. The van der Waals surface area contributed by atoms with Gasteiger partial charge in [-0.05, 0) is 11.6 Å². The van der Waals surface area contributed by atoms with Crippen LogP contribution in [0.2, 0.25) is 0 Å². The third kappa shape index (κ3) is 2.62. The van der Waals surface area contributed by atoms with Gasteiger partial charge in [-0.1, -0.05) is 48.5 Å². The van der Waals surface area contributed by atoms with E-state index in [0.29, 0.717) is 0 Å². The summed E-state index contributed by atoms with van der Waals surface area (Å²) in [6, 6.07) is 17.8. The molecule has 0 atom stereocenters. The van der Waals surface area contributed by atoms with Gasteiger partial charge in [-0.15, -0.1) is 0 Å². The molecule has 2 rings (SSSR count). The number of aliphatic imine (C=N–C) groups is 1. The van der Waals surface area contributed by atoms with Crippen LogP contribution < -0.4 is 17.0 Å². The van der Waals surface area contributed by atoms with Gasteiger partial charge < -0.3 is 5.73 Å². The van der Waals surface area contributed by atoms with Crippen LogP contribution in [0.5, 0.6) is 0 Å². The van der Waals surface area contributed by atoms with Crippen molar-refractivity contribution in [2.45, 2.75) is 0 Å². The number of hydrazine groups is 1. The van der Waals surface area contributed by atoms with Gasteiger partial charge >= 0.3 is 0 Å². The molecule has 0 spiro atoms. The molecule has 86 valence electrons. The molecule has 4 nitrogen and oxygen atoms in total. The fraction of sp³-hybridized carbons (Fsp3) is 0. The van der Waals surface area contributed by atoms with Crippen LogP contribution in [-0.4, -0.2) is 5.96 Å². The number of benzene rings is 2. The van der Waals surface area contributed by atoms with E-state index < -0.39 is 0 Å². The summed E-state index contributed by atoms with van der Waals surface area (Å²) >= 11 is 0. The average Bonchev–Trinajstić information content (AvgIpc) is 2.40. The largest absolute Gasteiger partial charge is 0.369 e. The summed E-state index contributed by atoms with van der Waals surface area (Å²) < 4.78 is 0. The highest BCUT2D eigenvalue weighted by Gasteiger charge is 2.03. The summed E-state index contributed by atoms with van der Waals surface area (Å²) in [7, 11) is 0. The number of rotatable bonds is 2. The number of guanidine groups is 1. The summed E-state index contributed by atoms with van der Waals surface area (Å²) in [5.41, 5.74) is 10.8. The second-order valence-corrected chi connectivity index (χ2v) is 3.52. The molecule has 5 N–H and O–H groups in total. The summed E-state index contributed by atoms with van der Waals surface area (Å²) in [5.74, 6) is 5.39. The van der Waals surface area contributed by atoms with Crippen LogP contribution in [0.1, 0.15) is 0 Å². The van der Waals surface area contributed by atoms with Gasteiger partial charge in [0, 0.05) is 5.56 Å². The minimum absolute atomic E-state index is 0.188. The quantitative estimate of drug-likeness (QED) is 0.316. The highest BCUT2D eigenvalue weighted by Crippen LogP contribution is 2.29. The minimum atomic E-state index is 0.188. The Morgan fingerprint density at radius 2 is 1.59 bits per heavy atom. The molecule has 0 saturated heterocycles. The van der Waals surface area contributed by atoms with Crippen molar-refractivity contribution in [1.82, 2.24) is 5.43 Å². The molecule has 0 saturated carbocycles. The third-order valence-electron chi connectivity index (χ3n) is 2.38. The van der Waals surface area contributed by atoms with E-state index in [-0.39, 0.29) is 5.96 Å². The molecule has 0 fully saturated rings. The molecule has 0 amide bonds. The van der Waals surface area contributed by atoms with Crippen LogP contribution >= 0.6 is 0 Å². The Morgan fingerprint density at radius 3 is 2.29 bits per heavy atom. The van der Waals surface area contributed by atoms with Gasteiger partial charge in [0.25, 0.3) is 0 Å². The van der Waals surface area contributed by atoms with E-state index in [0.717, 1.165) is 16.8 Å². The Kier molecular flexibility index (Phi) is 3.37. The van der Waals surface area contributed by atoms with Crippen molar-refractivity contribution in [3.05, 3.63) is 54.6 Å². The van der Waals surface area contributed by atoms with Gasteiger partial charge in [0.05, 0.1) is 5.69 Å². The van der Waals surface area contributed by atoms with E-state index in [4.69, 9.17) is 11.6 Å². The van der Waals surface area contributed by atoms with E-state index in [1.807, 2.05) is 54.6 Å². The molecule has 0 unspecified atom stereocenters. The van der Waals surface area contributed by atoms with E-state index in [1.165, 1.54) is 0 Å². The maximum absolute atomic E-state index is 5.57. The number of para-hydroxylation sites is 1. The molecule has 0 radical (unpaired) electrons. The topological polar surface area (TPSA) is 76.4 Å². The molecule has 0 heterocycles. The maximum atomic E-state index is 5.57. The molecule has 0 bridgehead atoms. The molecule has 2 aromatic carbocycles. The normalized spacial score (nSPS) is 11.2. The van der Waals surface area contributed by atoms with Crippen molar-refractivity contribution in [3.63, 3.8) is 0 Å². The highest BCUT2D eigenvalue weighted by molar-refractivity contribution is 5.85. The molecule has 2 aromatic rings. The molecular weight excluding hydrogens is 212 g/mol. The van der Waals surface area contributed by atoms with Crippen LogP contribution in [0, 0.1) is 0 Å². The van der Waals surface area contributed by atoms with Crippen molar-refractivity contribution in [2.24, 2.45) is 16.6 Å². The minimum Gasteiger partial charge on any atom is -0.369 e. The van der Waals surface area contributed by atoms with Gasteiger partial charge in [-0.2, -0.15) is 0 Å². The predicted octanol–water partition coefficient (Wildman–Crippen LogP) is 1.76. The van der Waals surface area contributed by atoms with Crippen molar-refractivity contribution in [3.8, 4) is 11.1 Å². The predicted molar refractivity (Wildman–Crippen MR) is 70.5 cm³/mol. The Balaban J connectivity index is 2.49. The van der Waals surface area contributed by atoms with E-state index >= 15 is 0 Å². The molecule has 0 aliphatic carbocycles. The first-order chi connectivity index (χ1) is 8.31. The Morgan fingerprint density at radius 1 is 0.941 bits per heavy atom. The zero-order valence-electron chi connectivity index (χ0n) is 9.30. The summed E-state index contributed by atoms with van der Waals surface area (Å²) in [6.07, 6.45) is 0. The summed E-state index contributed by atoms with van der Waals surface area (Å²) in [4.78, 5) is 4.21. The van der Waals surface area contributed by atoms with Crippen LogP contribution in [0.3, 0.4) is 0 Å². The molecule has 4 heteroatoms. The summed E-state index contributed by atoms with van der Waals surface area (Å²) in [5, 5.41) is 0. The van der Waals surface area contributed by atoms with Gasteiger partial charge in [0.15, 0.2) is 0 Å². The lowest BCUT2D eigenvalue weighted by Gasteiger charge is -2.06. The lowest BCUT2D eigenvalue weighted by molar-refractivity contribution is 1.01. The Labute approximate surface area is 99.9 Å².